The number of carbonyl (C=O) groups is 1. The minimum absolute atomic E-state index is 0. The van der Waals surface area contributed by atoms with Gasteiger partial charge in [0, 0.05) is 5.54 Å². The summed E-state index contributed by atoms with van der Waals surface area (Å²) in [6.07, 6.45) is 0.556. The van der Waals surface area contributed by atoms with Crippen LogP contribution >= 0.6 is 0 Å². The molecular formula is C11H20BF3KNO2. The van der Waals surface area contributed by atoms with E-state index in [0.717, 1.165) is 6.42 Å². The van der Waals surface area contributed by atoms with E-state index in [2.05, 4.69) is 5.32 Å². The van der Waals surface area contributed by atoms with Gasteiger partial charge in [0.25, 0.3) is 0 Å². The average molecular weight is 305 g/mol. The maximum Gasteiger partial charge on any atom is 1.00 e. The molecule has 0 aromatic rings. The molecule has 1 rings (SSSR count). The molecule has 3 nitrogen and oxygen atoms in total. The average Bonchev–Trinajstić information content (AvgIpc) is 2.04. The fraction of sp³-hybridized carbons (Fsp3) is 0.909. The van der Waals surface area contributed by atoms with Crippen LogP contribution in [0.15, 0.2) is 0 Å². The summed E-state index contributed by atoms with van der Waals surface area (Å²) >= 11 is 0. The first kappa shape index (κ1) is 19.8. The number of carbonyl (C=O) groups excluding carboxylic acids is 1. The van der Waals surface area contributed by atoms with Crippen LogP contribution < -0.4 is 56.7 Å². The second-order valence-electron chi connectivity index (χ2n) is 6.01. The van der Waals surface area contributed by atoms with Crippen molar-refractivity contribution >= 4 is 13.1 Å². The van der Waals surface area contributed by atoms with Gasteiger partial charge in [0.05, 0.1) is 0 Å². The third-order valence-corrected chi connectivity index (χ3v) is 3.03. The van der Waals surface area contributed by atoms with Crippen molar-refractivity contribution in [2.45, 2.75) is 63.9 Å². The molecule has 0 unspecified atom stereocenters. The molecule has 1 saturated carbocycles. The van der Waals surface area contributed by atoms with Gasteiger partial charge in [-0.3, -0.25) is 0 Å². The summed E-state index contributed by atoms with van der Waals surface area (Å²) in [5.74, 6) is 0. The van der Waals surface area contributed by atoms with E-state index >= 15 is 0 Å². The van der Waals surface area contributed by atoms with Gasteiger partial charge in [0.2, 0.25) is 0 Å². The number of halogens is 3. The summed E-state index contributed by atoms with van der Waals surface area (Å²) in [6.45, 7) is 0.370. The van der Waals surface area contributed by atoms with Gasteiger partial charge in [-0.2, -0.15) is 0 Å². The first-order valence-corrected chi connectivity index (χ1v) is 6.24. The largest absolute Gasteiger partial charge is 1.00 e. The molecule has 0 heterocycles. The predicted octanol–water partition coefficient (Wildman–Crippen LogP) is 0.675. The molecule has 0 aromatic heterocycles. The molecule has 8 heteroatoms. The van der Waals surface area contributed by atoms with Crippen molar-refractivity contribution in [1.82, 2.24) is 5.32 Å². The Morgan fingerprint density at radius 3 is 2.16 bits per heavy atom. The van der Waals surface area contributed by atoms with E-state index in [-0.39, 0.29) is 57.8 Å². The first-order chi connectivity index (χ1) is 8.02. The van der Waals surface area contributed by atoms with Crippen molar-refractivity contribution in [1.29, 1.82) is 0 Å². The number of alkyl carbamates (subject to hydrolysis) is 1. The molecule has 1 fully saturated rings. The molecule has 19 heavy (non-hydrogen) atoms. The van der Waals surface area contributed by atoms with E-state index in [9.17, 15) is 17.7 Å². The smallest absolute Gasteiger partial charge is 0.449 e. The van der Waals surface area contributed by atoms with Crippen molar-refractivity contribution in [3.63, 3.8) is 0 Å². The number of hydrogen-bond donors (Lipinski definition) is 1. The second kappa shape index (κ2) is 7.15. The first-order valence-electron chi connectivity index (χ1n) is 6.24. The molecule has 0 radical (unpaired) electrons. The van der Waals surface area contributed by atoms with Crippen LogP contribution in [0.1, 0.15) is 46.5 Å². The van der Waals surface area contributed by atoms with E-state index in [1.165, 1.54) is 0 Å². The summed E-state index contributed by atoms with van der Waals surface area (Å²) in [5.41, 5.74) is -1.34. The Balaban J connectivity index is 0.00000324. The SMILES string of the molecule is CC(C)(C)OC(=O)NC1(CC[B-](F)(F)F)CCC1.[K+]. The zero-order valence-corrected chi connectivity index (χ0v) is 15.2. The molecule has 1 aliphatic rings. The summed E-state index contributed by atoms with van der Waals surface area (Å²) in [4.78, 5) is 11.6. The Morgan fingerprint density at radius 2 is 1.84 bits per heavy atom. The minimum Gasteiger partial charge on any atom is -0.449 e. The van der Waals surface area contributed by atoms with E-state index < -0.39 is 30.5 Å². The van der Waals surface area contributed by atoms with Gasteiger partial charge in [-0.25, -0.2) is 4.79 Å². The van der Waals surface area contributed by atoms with Crippen LogP contribution in [0.25, 0.3) is 0 Å². The van der Waals surface area contributed by atoms with E-state index in [0.29, 0.717) is 12.8 Å². The summed E-state index contributed by atoms with van der Waals surface area (Å²) < 4.78 is 41.9. The molecule has 1 N–H and O–H groups in total. The van der Waals surface area contributed by atoms with Crippen molar-refractivity contribution in [2.75, 3.05) is 0 Å². The molecule has 0 saturated heterocycles. The molecule has 1 amide bonds. The predicted molar refractivity (Wildman–Crippen MR) is 64.5 cm³/mol. The van der Waals surface area contributed by atoms with Crippen molar-refractivity contribution in [2.24, 2.45) is 0 Å². The quantitative estimate of drug-likeness (QED) is 0.776. The number of hydrogen-bond acceptors (Lipinski definition) is 2. The van der Waals surface area contributed by atoms with E-state index in [1.54, 1.807) is 20.8 Å². The number of ether oxygens (including phenoxy) is 1. The van der Waals surface area contributed by atoms with Gasteiger partial charge in [-0.1, -0.05) is 12.7 Å². The topological polar surface area (TPSA) is 38.3 Å². The van der Waals surface area contributed by atoms with Crippen molar-refractivity contribution in [3.05, 3.63) is 0 Å². The van der Waals surface area contributed by atoms with Crippen LogP contribution in [-0.2, 0) is 4.74 Å². The van der Waals surface area contributed by atoms with Crippen LogP contribution in [0.2, 0.25) is 6.32 Å². The summed E-state index contributed by atoms with van der Waals surface area (Å²) in [6, 6.07) is 0. The number of amides is 1. The van der Waals surface area contributed by atoms with Crippen LogP contribution in [0.4, 0.5) is 17.7 Å². The van der Waals surface area contributed by atoms with E-state index in [1.807, 2.05) is 0 Å². The fourth-order valence-electron chi connectivity index (χ4n) is 2.00. The Morgan fingerprint density at radius 1 is 1.32 bits per heavy atom. The molecule has 0 bridgehead atoms. The van der Waals surface area contributed by atoms with Gasteiger partial charge in [-0.15, -0.1) is 0 Å². The van der Waals surface area contributed by atoms with Gasteiger partial charge < -0.3 is 23.0 Å². The Kier molecular flexibility index (Phi) is 7.44. The summed E-state index contributed by atoms with van der Waals surface area (Å²) in [5, 5.41) is 2.61. The van der Waals surface area contributed by atoms with Crippen LogP contribution in [0.5, 0.6) is 0 Å². The standard InChI is InChI=1S/C11H20BF3NO2.K/c1-10(2,3)18-9(17)16-11(5-4-6-11)7-8-12(13,14)15;/h4-8H2,1-3H3,(H,16,17);/q-1;+1. The molecule has 0 aliphatic heterocycles. The number of nitrogens with one attached hydrogen (secondary N) is 1. The molecule has 1 aliphatic carbocycles. The number of rotatable bonds is 4. The zero-order chi connectivity index (χ0) is 14.0. The van der Waals surface area contributed by atoms with Crippen molar-refractivity contribution in [3.8, 4) is 0 Å². The molecule has 0 atom stereocenters. The molecule has 0 aromatic carbocycles. The monoisotopic (exact) mass is 305 g/mol. The maximum absolute atomic E-state index is 12.3. The van der Waals surface area contributed by atoms with Crippen LogP contribution in [-0.4, -0.2) is 24.2 Å². The third kappa shape index (κ3) is 7.94. The molecular weight excluding hydrogens is 285 g/mol. The van der Waals surface area contributed by atoms with Gasteiger partial charge >= 0.3 is 64.5 Å². The van der Waals surface area contributed by atoms with Gasteiger partial charge in [-0.05, 0) is 40.0 Å². The maximum atomic E-state index is 12.3. The fourth-order valence-corrected chi connectivity index (χ4v) is 2.00. The Bertz CT molecular complexity index is 314. The Hall–Kier alpha value is 0.761. The normalized spacial score (nSPS) is 18.0. The summed E-state index contributed by atoms with van der Waals surface area (Å²) in [7, 11) is 0. The van der Waals surface area contributed by atoms with E-state index in [4.69, 9.17) is 4.74 Å². The van der Waals surface area contributed by atoms with Gasteiger partial charge in [0.15, 0.2) is 0 Å². The van der Waals surface area contributed by atoms with Crippen molar-refractivity contribution < 1.29 is 73.9 Å². The minimum atomic E-state index is -4.79. The van der Waals surface area contributed by atoms with Gasteiger partial charge in [0.1, 0.15) is 5.60 Å². The van der Waals surface area contributed by atoms with Crippen LogP contribution in [0, 0.1) is 0 Å². The Labute approximate surface area is 154 Å². The molecule has 106 valence electrons. The third-order valence-electron chi connectivity index (χ3n) is 3.03. The van der Waals surface area contributed by atoms with Crippen LogP contribution in [0.3, 0.4) is 0 Å². The zero-order valence-electron chi connectivity index (χ0n) is 12.1. The second-order valence-corrected chi connectivity index (χ2v) is 6.01. The molecule has 0 spiro atoms.